The number of carbonyl (C=O) groups excluding carboxylic acids is 1. The predicted molar refractivity (Wildman–Crippen MR) is 145 cm³/mol. The fourth-order valence-electron chi connectivity index (χ4n) is 5.93. The minimum atomic E-state index is -0.417. The molecule has 0 spiro atoms. The Hall–Kier alpha value is -3.27. The molecule has 0 bridgehead atoms. The molecule has 2 aliphatic heterocycles. The maximum Gasteiger partial charge on any atom is 0.411 e. The lowest BCUT2D eigenvalue weighted by Gasteiger charge is -2.42. The van der Waals surface area contributed by atoms with Crippen LogP contribution < -0.4 is 10.9 Å². The summed E-state index contributed by atoms with van der Waals surface area (Å²) in [7, 11) is 0. The van der Waals surface area contributed by atoms with Gasteiger partial charge in [0.1, 0.15) is 11.6 Å². The molecular weight excluding hydrogens is 501 g/mol. The highest BCUT2D eigenvalue weighted by Crippen LogP contribution is 2.35. The third-order valence-corrected chi connectivity index (χ3v) is 8.29. The number of hydrogen-bond acceptors (Lipinski definition) is 6. The van der Waals surface area contributed by atoms with Crippen LogP contribution in [0.5, 0.6) is 0 Å². The van der Waals surface area contributed by atoms with Crippen LogP contribution in [0.1, 0.15) is 68.2 Å². The molecule has 10 heteroatoms. The number of aryl methyl sites for hydroxylation is 2. The molecule has 5 rings (SSSR count). The van der Waals surface area contributed by atoms with Crippen LogP contribution in [-0.2, 0) is 24.1 Å². The van der Waals surface area contributed by atoms with E-state index in [9.17, 15) is 14.0 Å². The van der Waals surface area contributed by atoms with Crippen molar-refractivity contribution in [1.82, 2.24) is 20.0 Å². The number of halogens is 1. The summed E-state index contributed by atoms with van der Waals surface area (Å²) in [5.41, 5.74) is 2.94. The fraction of sp³-hybridized carbons (Fsp3) is 0.586. The van der Waals surface area contributed by atoms with Crippen molar-refractivity contribution in [2.75, 3.05) is 32.9 Å². The number of aromatic nitrogens is 3. The van der Waals surface area contributed by atoms with Gasteiger partial charge < -0.3 is 14.6 Å². The number of piperidine rings is 1. The van der Waals surface area contributed by atoms with Crippen LogP contribution >= 0.6 is 0 Å². The lowest BCUT2D eigenvalue weighted by atomic mass is 9.90. The Bertz CT molecular complexity index is 1390. The van der Waals surface area contributed by atoms with Gasteiger partial charge in [0, 0.05) is 67.4 Å². The summed E-state index contributed by atoms with van der Waals surface area (Å²) in [4.78, 5) is 30.6. The molecule has 0 aliphatic carbocycles. The van der Waals surface area contributed by atoms with Gasteiger partial charge in [-0.15, -0.1) is 0 Å². The number of likely N-dealkylation sites (tertiary alicyclic amines) is 1. The molecule has 1 fully saturated rings. The predicted octanol–water partition coefficient (Wildman–Crippen LogP) is 4.44. The summed E-state index contributed by atoms with van der Waals surface area (Å²) in [6, 6.07) is 4.53. The molecule has 3 aromatic rings. The summed E-state index contributed by atoms with van der Waals surface area (Å²) in [6.07, 6.45) is 4.71. The molecule has 2 aromatic heterocycles. The van der Waals surface area contributed by atoms with Crippen molar-refractivity contribution in [2.45, 2.75) is 71.8 Å². The van der Waals surface area contributed by atoms with E-state index in [2.05, 4.69) is 10.5 Å². The Morgan fingerprint density at radius 1 is 1.28 bits per heavy atom. The van der Waals surface area contributed by atoms with Crippen LogP contribution in [0.4, 0.5) is 9.18 Å². The topological polar surface area (TPSA) is 99.2 Å². The first-order chi connectivity index (χ1) is 18.7. The van der Waals surface area contributed by atoms with E-state index < -0.39 is 6.09 Å². The SMILES string of the molecule is Cc1nc2n(c(=O)c1CC[N+]1(COC(=O)NCC(C)C)CCC(c3noc4cc(F)ccc34)CC1)CCCC2. The van der Waals surface area contributed by atoms with Gasteiger partial charge in [0.2, 0.25) is 6.73 Å². The fourth-order valence-corrected chi connectivity index (χ4v) is 5.93. The monoisotopic (exact) mass is 540 g/mol. The first-order valence-corrected chi connectivity index (χ1v) is 14.1. The second-order valence-electron chi connectivity index (χ2n) is 11.6. The van der Waals surface area contributed by atoms with Crippen LogP contribution in [0.3, 0.4) is 0 Å². The summed E-state index contributed by atoms with van der Waals surface area (Å²) in [5.74, 6) is 1.03. The molecule has 1 amide bonds. The van der Waals surface area contributed by atoms with Crippen LogP contribution in [0, 0.1) is 18.7 Å². The van der Waals surface area contributed by atoms with Gasteiger partial charge in [-0.1, -0.05) is 19.0 Å². The van der Waals surface area contributed by atoms with Crippen molar-refractivity contribution in [2.24, 2.45) is 5.92 Å². The van der Waals surface area contributed by atoms with Crippen LogP contribution in [0.15, 0.2) is 27.5 Å². The Morgan fingerprint density at radius 3 is 2.85 bits per heavy atom. The highest BCUT2D eigenvalue weighted by atomic mass is 19.1. The molecule has 2 aliphatic rings. The van der Waals surface area contributed by atoms with Gasteiger partial charge in [0.15, 0.2) is 5.58 Å². The van der Waals surface area contributed by atoms with Crippen molar-refractivity contribution in [3.63, 3.8) is 0 Å². The van der Waals surface area contributed by atoms with E-state index >= 15 is 0 Å². The van der Waals surface area contributed by atoms with E-state index in [1.54, 1.807) is 6.07 Å². The minimum absolute atomic E-state index is 0.0714. The van der Waals surface area contributed by atoms with Crippen molar-refractivity contribution in [3.05, 3.63) is 57.1 Å². The standard InChI is InChI=1S/C29H38FN5O4/c1-19(2)17-31-29(37)38-18-35(15-11-23-20(3)32-26-6-4-5-12-34(26)28(23)36)13-9-21(10-14-35)27-24-8-7-22(30)16-25(24)39-33-27/h7-8,16,19,21H,4-6,9-15,17-18H2,1-3H3/p+1. The average Bonchev–Trinajstić information content (AvgIpc) is 3.34. The number of alkyl carbamates (subject to hydrolysis) is 1. The molecule has 39 heavy (non-hydrogen) atoms. The lowest BCUT2D eigenvalue weighted by Crippen LogP contribution is -2.56. The van der Waals surface area contributed by atoms with Gasteiger partial charge in [0.25, 0.3) is 5.56 Å². The van der Waals surface area contributed by atoms with Gasteiger partial charge in [0.05, 0.1) is 25.3 Å². The highest BCUT2D eigenvalue weighted by Gasteiger charge is 2.37. The lowest BCUT2D eigenvalue weighted by molar-refractivity contribution is -0.947. The molecular formula is C29H39FN5O4+. The van der Waals surface area contributed by atoms with Crippen LogP contribution in [-0.4, -0.2) is 58.2 Å². The number of ether oxygens (including phenoxy) is 1. The van der Waals surface area contributed by atoms with E-state index in [1.165, 1.54) is 12.1 Å². The molecule has 0 saturated carbocycles. The smallest absolute Gasteiger partial charge is 0.399 e. The normalized spacial score (nSPS) is 21.2. The van der Waals surface area contributed by atoms with Crippen molar-refractivity contribution in [3.8, 4) is 0 Å². The van der Waals surface area contributed by atoms with E-state index in [1.807, 2.05) is 25.3 Å². The third kappa shape index (κ3) is 6.00. The van der Waals surface area contributed by atoms with Crippen LogP contribution in [0.25, 0.3) is 11.0 Å². The number of quaternary nitrogens is 1. The number of nitrogens with zero attached hydrogens (tertiary/aromatic N) is 4. The van der Waals surface area contributed by atoms with Crippen molar-refractivity contribution >= 4 is 17.1 Å². The van der Waals surface area contributed by atoms with Gasteiger partial charge >= 0.3 is 6.09 Å². The first-order valence-electron chi connectivity index (χ1n) is 14.1. The van der Waals surface area contributed by atoms with Gasteiger partial charge in [-0.05, 0) is 37.8 Å². The van der Waals surface area contributed by atoms with E-state index in [0.717, 1.165) is 79.9 Å². The van der Waals surface area contributed by atoms with Gasteiger partial charge in [-0.25, -0.2) is 14.2 Å². The molecule has 1 saturated heterocycles. The van der Waals surface area contributed by atoms with E-state index in [4.69, 9.17) is 14.2 Å². The van der Waals surface area contributed by atoms with E-state index in [0.29, 0.717) is 35.5 Å². The summed E-state index contributed by atoms with van der Waals surface area (Å²) in [5, 5.41) is 7.96. The minimum Gasteiger partial charge on any atom is -0.399 e. The maximum atomic E-state index is 13.6. The first kappa shape index (κ1) is 27.3. The second kappa shape index (κ2) is 11.5. The molecule has 4 heterocycles. The Balaban J connectivity index is 1.33. The summed E-state index contributed by atoms with van der Waals surface area (Å²) < 4.78 is 27.2. The second-order valence-corrected chi connectivity index (χ2v) is 11.6. The zero-order chi connectivity index (χ0) is 27.6. The maximum absolute atomic E-state index is 13.6. The van der Waals surface area contributed by atoms with Crippen LogP contribution in [0.2, 0.25) is 0 Å². The Morgan fingerprint density at radius 2 is 2.08 bits per heavy atom. The number of fused-ring (bicyclic) bond motifs is 2. The van der Waals surface area contributed by atoms with Gasteiger partial charge in [-0.3, -0.25) is 13.8 Å². The Kier molecular flexibility index (Phi) is 8.02. The number of nitrogens with one attached hydrogen (secondary N) is 1. The molecule has 1 N–H and O–H groups in total. The van der Waals surface area contributed by atoms with Crippen molar-refractivity contribution < 1.29 is 22.9 Å². The zero-order valence-corrected chi connectivity index (χ0v) is 23.2. The number of rotatable bonds is 8. The molecule has 210 valence electrons. The Labute approximate surface area is 227 Å². The largest absolute Gasteiger partial charge is 0.411 e. The molecule has 1 aromatic carbocycles. The molecule has 0 unspecified atom stereocenters. The number of carbonyl (C=O) groups is 1. The molecule has 0 radical (unpaired) electrons. The zero-order valence-electron chi connectivity index (χ0n) is 23.2. The summed E-state index contributed by atoms with van der Waals surface area (Å²) in [6.45, 7) is 9.71. The summed E-state index contributed by atoms with van der Waals surface area (Å²) >= 11 is 0. The average molecular weight is 541 g/mol. The number of hydrogen-bond donors (Lipinski definition) is 1. The highest BCUT2D eigenvalue weighted by molar-refractivity contribution is 5.79. The third-order valence-electron chi connectivity index (χ3n) is 8.29. The number of benzene rings is 1. The van der Waals surface area contributed by atoms with Crippen molar-refractivity contribution in [1.29, 1.82) is 0 Å². The molecule has 9 nitrogen and oxygen atoms in total. The molecule has 0 atom stereocenters. The van der Waals surface area contributed by atoms with E-state index in [-0.39, 0.29) is 24.0 Å². The quantitative estimate of drug-likeness (QED) is 0.424. The number of amides is 1. The van der Waals surface area contributed by atoms with Gasteiger partial charge in [-0.2, -0.15) is 0 Å².